The molecule has 1 amide bonds. The molecule has 0 radical (unpaired) electrons. The Kier molecular flexibility index (Phi) is 3.59. The number of carbonyl (C=O) groups excluding carboxylic acids is 1. The monoisotopic (exact) mass is 304 g/mol. The second-order valence-electron chi connectivity index (χ2n) is 4.65. The van der Waals surface area contributed by atoms with Crippen LogP contribution in [-0.2, 0) is 17.0 Å². The molecule has 3 nitrogen and oxygen atoms in total. The maximum absolute atomic E-state index is 11.4. The lowest BCUT2D eigenvalue weighted by Gasteiger charge is -2.09. The van der Waals surface area contributed by atoms with Gasteiger partial charge in [0.2, 0.25) is 5.91 Å². The molecule has 1 heterocycles. The van der Waals surface area contributed by atoms with Crippen molar-refractivity contribution in [3.8, 4) is 0 Å². The van der Waals surface area contributed by atoms with Gasteiger partial charge in [-0.3, -0.25) is 4.79 Å². The second kappa shape index (κ2) is 5.38. The summed E-state index contributed by atoms with van der Waals surface area (Å²) in [5, 5.41) is 3.60. The maximum Gasteiger partial charge on any atom is 0.228 e. The molecule has 0 saturated heterocycles. The molecule has 102 valence electrons. The van der Waals surface area contributed by atoms with Crippen LogP contribution < -0.4 is 11.1 Å². The van der Waals surface area contributed by atoms with Crippen LogP contribution in [0.1, 0.15) is 11.1 Å². The summed E-state index contributed by atoms with van der Waals surface area (Å²) >= 11 is 7.76. The van der Waals surface area contributed by atoms with Crippen LogP contribution in [0.4, 0.5) is 11.4 Å². The quantitative estimate of drug-likeness (QED) is 0.671. The van der Waals surface area contributed by atoms with E-state index < -0.39 is 0 Å². The van der Waals surface area contributed by atoms with E-state index in [2.05, 4.69) is 5.32 Å². The predicted molar refractivity (Wildman–Crippen MR) is 84.2 cm³/mol. The third kappa shape index (κ3) is 2.62. The van der Waals surface area contributed by atoms with Crippen molar-refractivity contribution in [3.05, 3.63) is 52.5 Å². The van der Waals surface area contributed by atoms with E-state index >= 15 is 0 Å². The number of hydrogen-bond donors (Lipinski definition) is 2. The molecule has 20 heavy (non-hydrogen) atoms. The molecule has 3 rings (SSSR count). The number of anilines is 2. The van der Waals surface area contributed by atoms with Gasteiger partial charge in [-0.1, -0.05) is 29.8 Å². The van der Waals surface area contributed by atoms with Crippen molar-refractivity contribution in [3.63, 3.8) is 0 Å². The summed E-state index contributed by atoms with van der Waals surface area (Å²) in [5.41, 5.74) is 9.66. The SMILES string of the molecule is Nc1cc2c(cc1SCc1ccccc1Cl)NC(=O)C2. The zero-order valence-electron chi connectivity index (χ0n) is 10.7. The van der Waals surface area contributed by atoms with Gasteiger partial charge in [-0.15, -0.1) is 11.8 Å². The summed E-state index contributed by atoms with van der Waals surface area (Å²) in [5.74, 6) is 0.768. The van der Waals surface area contributed by atoms with E-state index in [1.807, 2.05) is 36.4 Å². The Morgan fingerprint density at radius 2 is 2.10 bits per heavy atom. The molecule has 2 aromatic carbocycles. The van der Waals surface area contributed by atoms with Crippen molar-refractivity contribution in [2.75, 3.05) is 11.1 Å². The van der Waals surface area contributed by atoms with Gasteiger partial charge in [0.1, 0.15) is 0 Å². The normalized spacial score (nSPS) is 13.2. The van der Waals surface area contributed by atoms with Gasteiger partial charge < -0.3 is 11.1 Å². The topological polar surface area (TPSA) is 55.1 Å². The Balaban J connectivity index is 1.80. The summed E-state index contributed by atoms with van der Waals surface area (Å²) in [4.78, 5) is 12.3. The molecule has 0 aromatic heterocycles. The minimum atomic E-state index is 0.0210. The van der Waals surface area contributed by atoms with Crippen LogP contribution in [0.3, 0.4) is 0 Å². The van der Waals surface area contributed by atoms with E-state index in [1.165, 1.54) is 0 Å². The minimum Gasteiger partial charge on any atom is -0.398 e. The van der Waals surface area contributed by atoms with Crippen molar-refractivity contribution in [2.24, 2.45) is 0 Å². The fourth-order valence-corrected chi connectivity index (χ4v) is 3.44. The highest BCUT2D eigenvalue weighted by Gasteiger charge is 2.19. The molecule has 0 unspecified atom stereocenters. The molecule has 0 atom stereocenters. The van der Waals surface area contributed by atoms with Crippen LogP contribution in [0, 0.1) is 0 Å². The molecular formula is C15H13ClN2OS. The number of carbonyl (C=O) groups is 1. The molecule has 0 bridgehead atoms. The lowest BCUT2D eigenvalue weighted by Crippen LogP contribution is -2.03. The molecule has 0 fully saturated rings. The number of nitrogen functional groups attached to an aromatic ring is 1. The molecular weight excluding hydrogens is 292 g/mol. The van der Waals surface area contributed by atoms with Gasteiger partial charge in [0.25, 0.3) is 0 Å². The third-order valence-corrected chi connectivity index (χ3v) is 4.69. The number of benzene rings is 2. The van der Waals surface area contributed by atoms with E-state index in [0.29, 0.717) is 12.1 Å². The van der Waals surface area contributed by atoms with Crippen molar-refractivity contribution in [1.82, 2.24) is 0 Å². The zero-order valence-corrected chi connectivity index (χ0v) is 12.2. The van der Waals surface area contributed by atoms with Gasteiger partial charge in [-0.05, 0) is 29.3 Å². The highest BCUT2D eigenvalue weighted by molar-refractivity contribution is 7.98. The lowest BCUT2D eigenvalue weighted by molar-refractivity contribution is -0.115. The van der Waals surface area contributed by atoms with Gasteiger partial charge >= 0.3 is 0 Å². The Morgan fingerprint density at radius 1 is 1.30 bits per heavy atom. The maximum atomic E-state index is 11.4. The number of hydrogen-bond acceptors (Lipinski definition) is 3. The van der Waals surface area contributed by atoms with Gasteiger partial charge in [-0.2, -0.15) is 0 Å². The van der Waals surface area contributed by atoms with Gasteiger partial charge in [-0.25, -0.2) is 0 Å². The lowest BCUT2D eigenvalue weighted by atomic mass is 10.1. The van der Waals surface area contributed by atoms with Gasteiger partial charge in [0, 0.05) is 27.0 Å². The summed E-state index contributed by atoms with van der Waals surface area (Å²) < 4.78 is 0. The Labute approximate surface area is 126 Å². The Morgan fingerprint density at radius 3 is 2.90 bits per heavy atom. The summed E-state index contributed by atoms with van der Waals surface area (Å²) in [7, 11) is 0. The number of halogens is 1. The Bertz CT molecular complexity index is 688. The first-order valence-electron chi connectivity index (χ1n) is 6.22. The van der Waals surface area contributed by atoms with E-state index in [0.717, 1.165) is 32.5 Å². The van der Waals surface area contributed by atoms with Crippen LogP contribution in [0.25, 0.3) is 0 Å². The molecule has 1 aliphatic heterocycles. The molecule has 0 saturated carbocycles. The first kappa shape index (κ1) is 13.3. The summed E-state index contributed by atoms with van der Waals surface area (Å²) in [6.07, 6.45) is 0.412. The van der Waals surface area contributed by atoms with E-state index in [9.17, 15) is 4.79 Å². The molecule has 1 aliphatic rings. The molecule has 0 spiro atoms. The van der Waals surface area contributed by atoms with Crippen LogP contribution in [0.2, 0.25) is 5.02 Å². The van der Waals surface area contributed by atoms with Crippen LogP contribution in [0.15, 0.2) is 41.3 Å². The molecule has 5 heteroatoms. The van der Waals surface area contributed by atoms with Crippen LogP contribution in [0.5, 0.6) is 0 Å². The van der Waals surface area contributed by atoms with E-state index in [-0.39, 0.29) is 5.91 Å². The number of amides is 1. The van der Waals surface area contributed by atoms with Crippen molar-refractivity contribution < 1.29 is 4.79 Å². The first-order valence-corrected chi connectivity index (χ1v) is 7.58. The largest absolute Gasteiger partial charge is 0.398 e. The van der Waals surface area contributed by atoms with Crippen LogP contribution >= 0.6 is 23.4 Å². The molecule has 3 N–H and O–H groups in total. The Hall–Kier alpha value is -1.65. The number of thioether (sulfide) groups is 1. The number of nitrogens with one attached hydrogen (secondary N) is 1. The summed E-state index contributed by atoms with van der Waals surface area (Å²) in [6.45, 7) is 0. The zero-order chi connectivity index (χ0) is 14.1. The number of nitrogens with two attached hydrogens (primary N) is 1. The van der Waals surface area contributed by atoms with Crippen LogP contribution in [-0.4, -0.2) is 5.91 Å². The summed E-state index contributed by atoms with van der Waals surface area (Å²) in [6, 6.07) is 11.6. The number of rotatable bonds is 3. The van der Waals surface area contributed by atoms with Gasteiger partial charge in [0.05, 0.1) is 6.42 Å². The van der Waals surface area contributed by atoms with Crippen molar-refractivity contribution >= 4 is 40.6 Å². The minimum absolute atomic E-state index is 0.0210. The predicted octanol–water partition coefficient (Wildman–Crippen LogP) is 3.71. The highest BCUT2D eigenvalue weighted by atomic mass is 35.5. The second-order valence-corrected chi connectivity index (χ2v) is 6.08. The highest BCUT2D eigenvalue weighted by Crippen LogP contribution is 2.36. The average molecular weight is 305 g/mol. The van der Waals surface area contributed by atoms with E-state index in [4.69, 9.17) is 17.3 Å². The smallest absolute Gasteiger partial charge is 0.228 e. The van der Waals surface area contributed by atoms with Crippen molar-refractivity contribution in [2.45, 2.75) is 17.1 Å². The van der Waals surface area contributed by atoms with E-state index in [1.54, 1.807) is 11.8 Å². The standard InChI is InChI=1S/C15H13ClN2OS/c16-11-4-2-1-3-9(11)8-20-14-7-13-10(5-12(14)17)6-15(19)18-13/h1-5,7H,6,8,17H2,(H,18,19). The third-order valence-electron chi connectivity index (χ3n) is 3.20. The van der Waals surface area contributed by atoms with Gasteiger partial charge in [0.15, 0.2) is 0 Å². The van der Waals surface area contributed by atoms with Crippen molar-refractivity contribution in [1.29, 1.82) is 0 Å². The number of fused-ring (bicyclic) bond motifs is 1. The molecule has 2 aromatic rings. The fourth-order valence-electron chi connectivity index (χ4n) is 2.17. The molecule has 0 aliphatic carbocycles. The fraction of sp³-hybridized carbons (Fsp3) is 0.133. The first-order chi connectivity index (χ1) is 9.63. The average Bonchev–Trinajstić information content (AvgIpc) is 2.76.